The minimum absolute atomic E-state index is 0.620. The lowest BCUT2D eigenvalue weighted by atomic mass is 9.95. The van der Waals surface area contributed by atoms with Crippen molar-refractivity contribution in [1.29, 1.82) is 0 Å². The first-order chi connectivity index (χ1) is 9.06. The molecule has 1 aliphatic heterocycles. The Kier molecular flexibility index (Phi) is 4.77. The Morgan fingerprint density at radius 2 is 2.32 bits per heavy atom. The van der Waals surface area contributed by atoms with E-state index in [-0.39, 0.29) is 0 Å². The quantitative estimate of drug-likeness (QED) is 0.858. The number of hydrogen-bond acceptors (Lipinski definition) is 3. The Balaban J connectivity index is 2.06. The van der Waals surface area contributed by atoms with Crippen LogP contribution in [0.1, 0.15) is 37.1 Å². The van der Waals surface area contributed by atoms with E-state index in [1.807, 2.05) is 11.4 Å². The third-order valence-electron chi connectivity index (χ3n) is 3.78. The topological polar surface area (TPSA) is 40.5 Å². The van der Waals surface area contributed by atoms with Crippen LogP contribution in [0, 0.1) is 5.92 Å². The minimum atomic E-state index is -0.892. The fourth-order valence-electron chi connectivity index (χ4n) is 2.57. The number of rotatable bonds is 4. The molecule has 4 heteroatoms. The summed E-state index contributed by atoms with van der Waals surface area (Å²) in [5, 5.41) is 10.7. The van der Waals surface area contributed by atoms with Gasteiger partial charge in [-0.1, -0.05) is 6.92 Å². The summed E-state index contributed by atoms with van der Waals surface area (Å²) < 4.78 is 0. The van der Waals surface area contributed by atoms with E-state index in [2.05, 4.69) is 18.7 Å². The summed E-state index contributed by atoms with van der Waals surface area (Å²) in [6.07, 6.45) is 5.49. The van der Waals surface area contributed by atoms with Crippen molar-refractivity contribution in [1.82, 2.24) is 4.90 Å². The standard InChI is InChI=1S/C15H21NO2S/c1-11-3-4-12(2)16(9-11)10-14-13(7-8-19-14)5-6-15(17)18/h5-8,11-12H,3-4,9-10H2,1-2H3,(H,17,18). The molecule has 19 heavy (non-hydrogen) atoms. The lowest BCUT2D eigenvalue weighted by Crippen LogP contribution is -2.40. The van der Waals surface area contributed by atoms with Crippen LogP contribution in [-0.4, -0.2) is 28.6 Å². The van der Waals surface area contributed by atoms with Gasteiger partial charge in [-0.25, -0.2) is 4.79 Å². The average Bonchev–Trinajstić information content (AvgIpc) is 2.79. The van der Waals surface area contributed by atoms with Crippen LogP contribution < -0.4 is 0 Å². The van der Waals surface area contributed by atoms with Gasteiger partial charge in [0.25, 0.3) is 0 Å². The van der Waals surface area contributed by atoms with Crippen LogP contribution >= 0.6 is 11.3 Å². The third-order valence-corrected chi connectivity index (χ3v) is 4.70. The molecular weight excluding hydrogens is 258 g/mol. The molecule has 1 fully saturated rings. The zero-order chi connectivity index (χ0) is 13.8. The van der Waals surface area contributed by atoms with Gasteiger partial charge in [-0.2, -0.15) is 0 Å². The molecule has 0 bridgehead atoms. The van der Waals surface area contributed by atoms with Gasteiger partial charge in [0.2, 0.25) is 0 Å². The predicted octanol–water partition coefficient (Wildman–Crippen LogP) is 3.47. The van der Waals surface area contributed by atoms with Gasteiger partial charge < -0.3 is 5.11 Å². The van der Waals surface area contributed by atoms with Crippen LogP contribution in [0.5, 0.6) is 0 Å². The van der Waals surface area contributed by atoms with Crippen LogP contribution in [0.4, 0.5) is 0 Å². The predicted molar refractivity (Wildman–Crippen MR) is 79.3 cm³/mol. The van der Waals surface area contributed by atoms with E-state index in [9.17, 15) is 4.79 Å². The van der Waals surface area contributed by atoms with Crippen LogP contribution in [0.2, 0.25) is 0 Å². The highest BCUT2D eigenvalue weighted by molar-refractivity contribution is 7.10. The molecule has 1 saturated heterocycles. The summed E-state index contributed by atoms with van der Waals surface area (Å²) in [5.41, 5.74) is 1.04. The molecule has 2 rings (SSSR count). The van der Waals surface area contributed by atoms with Crippen molar-refractivity contribution in [3.8, 4) is 0 Å². The van der Waals surface area contributed by atoms with Gasteiger partial charge in [-0.3, -0.25) is 4.90 Å². The average molecular weight is 279 g/mol. The molecule has 0 amide bonds. The Morgan fingerprint density at radius 3 is 3.05 bits per heavy atom. The van der Waals surface area contributed by atoms with Crippen LogP contribution in [-0.2, 0) is 11.3 Å². The SMILES string of the molecule is CC1CCC(C)N(Cc2sccc2C=CC(=O)O)C1. The summed E-state index contributed by atoms with van der Waals surface area (Å²) >= 11 is 1.71. The number of nitrogens with zero attached hydrogens (tertiary/aromatic N) is 1. The van der Waals surface area contributed by atoms with E-state index >= 15 is 0 Å². The second kappa shape index (κ2) is 6.35. The van der Waals surface area contributed by atoms with Gasteiger partial charge in [0.15, 0.2) is 0 Å². The number of aliphatic carboxylic acids is 1. The van der Waals surface area contributed by atoms with Crippen molar-refractivity contribution in [2.24, 2.45) is 5.92 Å². The summed E-state index contributed by atoms with van der Waals surface area (Å²) in [6.45, 7) is 6.66. The molecule has 0 saturated carbocycles. The van der Waals surface area contributed by atoms with Crippen molar-refractivity contribution in [2.45, 2.75) is 39.3 Å². The lowest BCUT2D eigenvalue weighted by molar-refractivity contribution is -0.131. The first-order valence-electron chi connectivity index (χ1n) is 6.77. The number of carboxylic acids is 1. The largest absolute Gasteiger partial charge is 0.478 e. The van der Waals surface area contributed by atoms with Gasteiger partial charge in [-0.15, -0.1) is 11.3 Å². The fourth-order valence-corrected chi connectivity index (χ4v) is 3.46. The van der Waals surface area contributed by atoms with E-state index in [1.54, 1.807) is 17.4 Å². The van der Waals surface area contributed by atoms with E-state index in [0.717, 1.165) is 24.6 Å². The van der Waals surface area contributed by atoms with Crippen molar-refractivity contribution < 1.29 is 9.90 Å². The Morgan fingerprint density at radius 1 is 1.53 bits per heavy atom. The summed E-state index contributed by atoms with van der Waals surface area (Å²) in [6, 6.07) is 2.62. The molecule has 104 valence electrons. The minimum Gasteiger partial charge on any atom is -0.478 e. The van der Waals surface area contributed by atoms with Crippen molar-refractivity contribution in [3.63, 3.8) is 0 Å². The third kappa shape index (κ3) is 3.91. The number of piperidine rings is 1. The smallest absolute Gasteiger partial charge is 0.328 e. The molecule has 2 atom stereocenters. The summed E-state index contributed by atoms with van der Waals surface area (Å²) in [4.78, 5) is 14.4. The van der Waals surface area contributed by atoms with Gasteiger partial charge in [0, 0.05) is 30.1 Å². The number of thiophene rings is 1. The Bertz CT molecular complexity index is 466. The second-order valence-electron chi connectivity index (χ2n) is 5.43. The molecule has 2 heterocycles. The Hall–Kier alpha value is -1.13. The molecule has 0 aromatic carbocycles. The fraction of sp³-hybridized carbons (Fsp3) is 0.533. The first-order valence-corrected chi connectivity index (χ1v) is 7.65. The van der Waals surface area contributed by atoms with Gasteiger partial charge in [0.05, 0.1) is 0 Å². The van der Waals surface area contributed by atoms with Gasteiger partial charge in [0.1, 0.15) is 0 Å². The summed E-state index contributed by atoms with van der Waals surface area (Å²) in [7, 11) is 0. The Labute approximate surface area is 118 Å². The van der Waals surface area contributed by atoms with Crippen molar-refractivity contribution in [2.75, 3.05) is 6.54 Å². The highest BCUT2D eigenvalue weighted by Gasteiger charge is 2.23. The number of carbonyl (C=O) groups is 1. The molecule has 1 N–H and O–H groups in total. The highest BCUT2D eigenvalue weighted by atomic mass is 32.1. The van der Waals surface area contributed by atoms with Crippen LogP contribution in [0.15, 0.2) is 17.5 Å². The van der Waals surface area contributed by atoms with E-state index in [4.69, 9.17) is 5.11 Å². The first kappa shape index (κ1) is 14.3. The maximum absolute atomic E-state index is 10.6. The maximum Gasteiger partial charge on any atom is 0.328 e. The van der Waals surface area contributed by atoms with Gasteiger partial charge >= 0.3 is 5.97 Å². The van der Waals surface area contributed by atoms with Crippen LogP contribution in [0.25, 0.3) is 6.08 Å². The molecule has 1 aromatic heterocycles. The number of hydrogen-bond donors (Lipinski definition) is 1. The molecule has 0 aliphatic carbocycles. The molecule has 1 aliphatic rings. The molecule has 0 radical (unpaired) electrons. The number of likely N-dealkylation sites (tertiary alicyclic amines) is 1. The summed E-state index contributed by atoms with van der Waals surface area (Å²) in [5.74, 6) is -0.133. The van der Waals surface area contributed by atoms with E-state index in [1.165, 1.54) is 23.8 Å². The molecule has 2 unspecified atom stereocenters. The molecule has 3 nitrogen and oxygen atoms in total. The van der Waals surface area contributed by atoms with E-state index < -0.39 is 5.97 Å². The maximum atomic E-state index is 10.6. The van der Waals surface area contributed by atoms with Gasteiger partial charge in [-0.05, 0) is 48.8 Å². The zero-order valence-corrected chi connectivity index (χ0v) is 12.3. The zero-order valence-electron chi connectivity index (χ0n) is 11.5. The molecular formula is C15H21NO2S. The monoisotopic (exact) mass is 279 g/mol. The molecule has 1 aromatic rings. The van der Waals surface area contributed by atoms with Crippen molar-refractivity contribution >= 4 is 23.4 Å². The van der Waals surface area contributed by atoms with Crippen LogP contribution in [0.3, 0.4) is 0 Å². The van der Waals surface area contributed by atoms with Crippen molar-refractivity contribution in [3.05, 3.63) is 28.0 Å². The molecule has 0 spiro atoms. The second-order valence-corrected chi connectivity index (χ2v) is 6.43. The lowest BCUT2D eigenvalue weighted by Gasteiger charge is -2.36. The number of carboxylic acid groups (broad SMARTS) is 1. The highest BCUT2D eigenvalue weighted by Crippen LogP contribution is 2.26. The van der Waals surface area contributed by atoms with E-state index in [0.29, 0.717) is 6.04 Å². The normalized spacial score (nSPS) is 24.9.